The van der Waals surface area contributed by atoms with Gasteiger partial charge >= 0.3 is 6.09 Å². The molecular formula is C14H20N2O2. The SMILES string of the molecule is CCN1CCCC1CNC(=O)Oc1ccccc1. The van der Waals surface area contributed by atoms with Gasteiger partial charge < -0.3 is 10.1 Å². The fraction of sp³-hybridized carbons (Fsp3) is 0.500. The van der Waals surface area contributed by atoms with E-state index in [1.54, 1.807) is 12.1 Å². The smallest absolute Gasteiger partial charge is 0.410 e. The summed E-state index contributed by atoms with van der Waals surface area (Å²) in [6.45, 7) is 5.00. The number of rotatable bonds is 4. The molecule has 0 aliphatic carbocycles. The van der Waals surface area contributed by atoms with Crippen LogP contribution in [0.3, 0.4) is 0 Å². The molecule has 0 bridgehead atoms. The van der Waals surface area contributed by atoms with Crippen molar-refractivity contribution < 1.29 is 9.53 Å². The van der Waals surface area contributed by atoms with Gasteiger partial charge in [0.1, 0.15) is 5.75 Å². The number of likely N-dealkylation sites (tertiary alicyclic amines) is 1. The van der Waals surface area contributed by atoms with Gasteiger partial charge in [-0.1, -0.05) is 25.1 Å². The molecule has 4 nitrogen and oxygen atoms in total. The highest BCUT2D eigenvalue weighted by atomic mass is 16.6. The number of nitrogens with one attached hydrogen (secondary N) is 1. The molecule has 4 heteroatoms. The zero-order valence-corrected chi connectivity index (χ0v) is 10.8. The molecule has 0 saturated carbocycles. The van der Waals surface area contributed by atoms with E-state index >= 15 is 0 Å². The molecular weight excluding hydrogens is 228 g/mol. The molecule has 0 spiro atoms. The maximum atomic E-state index is 11.6. The van der Waals surface area contributed by atoms with Crippen molar-refractivity contribution in [1.29, 1.82) is 0 Å². The van der Waals surface area contributed by atoms with Crippen molar-refractivity contribution in [3.8, 4) is 5.75 Å². The van der Waals surface area contributed by atoms with Gasteiger partial charge in [0, 0.05) is 12.6 Å². The van der Waals surface area contributed by atoms with Crippen LogP contribution in [0.2, 0.25) is 0 Å². The molecule has 98 valence electrons. The van der Waals surface area contributed by atoms with Gasteiger partial charge in [0.05, 0.1) is 0 Å². The molecule has 1 aromatic carbocycles. The highest BCUT2D eigenvalue weighted by Crippen LogP contribution is 2.15. The van der Waals surface area contributed by atoms with Crippen LogP contribution in [0.5, 0.6) is 5.75 Å². The van der Waals surface area contributed by atoms with Crippen molar-refractivity contribution in [3.63, 3.8) is 0 Å². The van der Waals surface area contributed by atoms with E-state index in [0.717, 1.165) is 19.5 Å². The first kappa shape index (κ1) is 12.9. The van der Waals surface area contributed by atoms with Crippen molar-refractivity contribution in [2.45, 2.75) is 25.8 Å². The summed E-state index contributed by atoms with van der Waals surface area (Å²) in [5, 5.41) is 2.83. The second kappa shape index (κ2) is 6.40. The Labute approximate surface area is 108 Å². The summed E-state index contributed by atoms with van der Waals surface area (Å²) in [5.41, 5.74) is 0. The van der Waals surface area contributed by atoms with Crippen LogP contribution >= 0.6 is 0 Å². The largest absolute Gasteiger partial charge is 0.412 e. The summed E-state index contributed by atoms with van der Waals surface area (Å²) < 4.78 is 5.17. The predicted molar refractivity (Wildman–Crippen MR) is 70.7 cm³/mol. The van der Waals surface area contributed by atoms with Gasteiger partial charge in [-0.25, -0.2) is 4.79 Å². The molecule has 1 N–H and O–H groups in total. The van der Waals surface area contributed by atoms with Crippen LogP contribution < -0.4 is 10.1 Å². The molecule has 18 heavy (non-hydrogen) atoms. The average molecular weight is 248 g/mol. The van der Waals surface area contributed by atoms with Crippen molar-refractivity contribution in [2.75, 3.05) is 19.6 Å². The van der Waals surface area contributed by atoms with Gasteiger partial charge in [-0.05, 0) is 38.1 Å². The van der Waals surface area contributed by atoms with Crippen LogP contribution in [0.15, 0.2) is 30.3 Å². The average Bonchev–Trinajstić information content (AvgIpc) is 2.85. The van der Waals surface area contributed by atoms with E-state index in [1.807, 2.05) is 18.2 Å². The molecule has 1 amide bonds. The van der Waals surface area contributed by atoms with Gasteiger partial charge in [0.25, 0.3) is 0 Å². The van der Waals surface area contributed by atoms with Crippen molar-refractivity contribution in [2.24, 2.45) is 0 Å². The van der Waals surface area contributed by atoms with E-state index in [9.17, 15) is 4.79 Å². The van der Waals surface area contributed by atoms with E-state index in [-0.39, 0.29) is 6.09 Å². The van der Waals surface area contributed by atoms with Crippen molar-refractivity contribution >= 4 is 6.09 Å². The number of likely N-dealkylation sites (N-methyl/N-ethyl adjacent to an activating group) is 1. The van der Waals surface area contributed by atoms with Crippen LogP contribution in [0.1, 0.15) is 19.8 Å². The third-order valence-corrected chi connectivity index (χ3v) is 3.34. The fourth-order valence-corrected chi connectivity index (χ4v) is 2.38. The van der Waals surface area contributed by atoms with Gasteiger partial charge in [-0.2, -0.15) is 0 Å². The first-order valence-corrected chi connectivity index (χ1v) is 6.54. The first-order chi connectivity index (χ1) is 8.79. The molecule has 0 radical (unpaired) electrons. The number of ether oxygens (including phenoxy) is 1. The lowest BCUT2D eigenvalue weighted by Gasteiger charge is -2.22. The van der Waals surface area contributed by atoms with Crippen molar-refractivity contribution in [1.82, 2.24) is 10.2 Å². The zero-order chi connectivity index (χ0) is 12.8. The summed E-state index contributed by atoms with van der Waals surface area (Å²) in [6, 6.07) is 9.58. The minimum absolute atomic E-state index is 0.371. The number of hydrogen-bond donors (Lipinski definition) is 1. The molecule has 1 saturated heterocycles. The van der Waals surface area contributed by atoms with Crippen LogP contribution in [0.4, 0.5) is 4.79 Å². The third-order valence-electron chi connectivity index (χ3n) is 3.34. The molecule has 1 fully saturated rings. The molecule has 1 heterocycles. The second-order valence-corrected chi connectivity index (χ2v) is 4.51. The quantitative estimate of drug-likeness (QED) is 0.888. The number of carbonyl (C=O) groups excluding carboxylic acids is 1. The van der Waals surface area contributed by atoms with E-state index in [4.69, 9.17) is 4.74 Å². The number of benzene rings is 1. The van der Waals surface area contributed by atoms with Crippen LogP contribution in [0.25, 0.3) is 0 Å². The highest BCUT2D eigenvalue weighted by Gasteiger charge is 2.23. The minimum atomic E-state index is -0.371. The number of nitrogens with zero attached hydrogens (tertiary/aromatic N) is 1. The van der Waals surface area contributed by atoms with Gasteiger partial charge in [0.2, 0.25) is 0 Å². The zero-order valence-electron chi connectivity index (χ0n) is 10.8. The van der Waals surface area contributed by atoms with Crippen LogP contribution in [0, 0.1) is 0 Å². The number of hydrogen-bond acceptors (Lipinski definition) is 3. The Morgan fingerprint density at radius 1 is 1.44 bits per heavy atom. The predicted octanol–water partition coefficient (Wildman–Crippen LogP) is 2.26. The van der Waals surface area contributed by atoms with E-state index < -0.39 is 0 Å². The Morgan fingerprint density at radius 2 is 2.22 bits per heavy atom. The van der Waals surface area contributed by atoms with E-state index in [2.05, 4.69) is 17.1 Å². The molecule has 1 aromatic rings. The molecule has 2 rings (SSSR count). The molecule has 1 atom stereocenters. The lowest BCUT2D eigenvalue weighted by molar-refractivity contribution is 0.193. The Kier molecular flexibility index (Phi) is 4.59. The molecule has 0 aromatic heterocycles. The maximum absolute atomic E-state index is 11.6. The van der Waals surface area contributed by atoms with Crippen molar-refractivity contribution in [3.05, 3.63) is 30.3 Å². The first-order valence-electron chi connectivity index (χ1n) is 6.54. The van der Waals surface area contributed by atoms with Gasteiger partial charge in [-0.3, -0.25) is 4.90 Å². The highest BCUT2D eigenvalue weighted by molar-refractivity contribution is 5.70. The molecule has 1 aliphatic heterocycles. The topological polar surface area (TPSA) is 41.6 Å². The Balaban J connectivity index is 1.75. The monoisotopic (exact) mass is 248 g/mol. The third kappa shape index (κ3) is 3.47. The normalized spacial score (nSPS) is 19.7. The number of para-hydroxylation sites is 1. The summed E-state index contributed by atoms with van der Waals surface area (Å²) in [6.07, 6.45) is 2.00. The van der Waals surface area contributed by atoms with E-state index in [1.165, 1.54) is 6.42 Å². The summed E-state index contributed by atoms with van der Waals surface area (Å²) >= 11 is 0. The maximum Gasteiger partial charge on any atom is 0.412 e. The Bertz CT molecular complexity index is 381. The number of amides is 1. The van der Waals surface area contributed by atoms with E-state index in [0.29, 0.717) is 18.3 Å². The minimum Gasteiger partial charge on any atom is -0.410 e. The standard InChI is InChI=1S/C14H20N2O2/c1-2-16-10-6-7-12(16)11-15-14(17)18-13-8-4-3-5-9-13/h3-5,8-9,12H,2,6-7,10-11H2,1H3,(H,15,17). The lowest BCUT2D eigenvalue weighted by Crippen LogP contribution is -2.40. The molecule has 1 unspecified atom stereocenters. The number of carbonyl (C=O) groups is 1. The fourth-order valence-electron chi connectivity index (χ4n) is 2.38. The summed E-state index contributed by atoms with van der Waals surface area (Å²) in [4.78, 5) is 14.0. The van der Waals surface area contributed by atoms with Gasteiger partial charge in [-0.15, -0.1) is 0 Å². The summed E-state index contributed by atoms with van der Waals surface area (Å²) in [7, 11) is 0. The second-order valence-electron chi connectivity index (χ2n) is 4.51. The van der Waals surface area contributed by atoms with Crippen LogP contribution in [-0.2, 0) is 0 Å². The Hall–Kier alpha value is -1.55. The van der Waals surface area contributed by atoms with Gasteiger partial charge in [0.15, 0.2) is 0 Å². The van der Waals surface area contributed by atoms with Crippen LogP contribution in [-0.4, -0.2) is 36.7 Å². The molecule has 1 aliphatic rings. The lowest BCUT2D eigenvalue weighted by atomic mass is 10.2. The Morgan fingerprint density at radius 3 is 2.94 bits per heavy atom. The summed E-state index contributed by atoms with van der Waals surface area (Å²) in [5.74, 6) is 0.578.